The molecule has 0 saturated carbocycles. The second-order valence-electron chi connectivity index (χ2n) is 4.75. The van der Waals surface area contributed by atoms with E-state index < -0.39 is 0 Å². The first-order valence-electron chi connectivity index (χ1n) is 5.28. The van der Waals surface area contributed by atoms with E-state index in [-0.39, 0.29) is 0 Å². The molecule has 0 aromatic heterocycles. The van der Waals surface area contributed by atoms with Crippen molar-refractivity contribution in [2.45, 2.75) is 13.3 Å². The molecule has 0 radical (unpaired) electrons. The minimum Gasteiger partial charge on any atom is -0.231 e. The van der Waals surface area contributed by atoms with Crippen molar-refractivity contribution >= 4 is 5.91 Å². The highest BCUT2D eigenvalue weighted by atomic mass is 16.2. The van der Waals surface area contributed by atoms with Gasteiger partial charge >= 0.3 is 5.91 Å². The molecule has 0 aromatic rings. The van der Waals surface area contributed by atoms with Crippen molar-refractivity contribution in [1.29, 1.82) is 0 Å². The van der Waals surface area contributed by atoms with Crippen molar-refractivity contribution in [3.8, 4) is 0 Å². The van der Waals surface area contributed by atoms with E-state index in [0.717, 1.165) is 40.0 Å². The zero-order valence-corrected chi connectivity index (χ0v) is 8.65. The topological polar surface area (TPSA) is 26.8 Å². The van der Waals surface area contributed by atoms with Crippen LogP contribution < -0.4 is 0 Å². The Kier molecular flexibility index (Phi) is 1.73. The Morgan fingerprint density at radius 2 is 1.50 bits per heavy atom. The summed E-state index contributed by atoms with van der Waals surface area (Å²) >= 11 is 0. The van der Waals surface area contributed by atoms with Crippen LogP contribution in [0.3, 0.4) is 0 Å². The van der Waals surface area contributed by atoms with Gasteiger partial charge in [0.15, 0.2) is 0 Å². The minimum absolute atomic E-state index is 0.393. The number of quaternary nitrogens is 1. The average Bonchev–Trinajstić information content (AvgIpc) is 2.14. The SMILES string of the molecule is CCC(=O)[N+]12CN3CN(CN(C3)C1)C2. The van der Waals surface area contributed by atoms with Gasteiger partial charge in [0.05, 0.1) is 26.4 Å². The highest BCUT2D eigenvalue weighted by Crippen LogP contribution is 2.29. The molecule has 1 amide bonds. The standard InChI is InChI=1S/C9H17N4O/c1-2-9(14)13-6-10-3-11(7-13)5-12(4-10)8-13/h2-8H2,1H3/q+1. The maximum Gasteiger partial charge on any atom is 0.316 e. The predicted octanol–water partition coefficient (Wildman–Crippen LogP) is -0.568. The fourth-order valence-corrected chi connectivity index (χ4v) is 3.11. The molecule has 78 valence electrons. The third kappa shape index (κ3) is 1.07. The molecule has 5 nitrogen and oxygen atoms in total. The van der Waals surface area contributed by atoms with Crippen LogP contribution >= 0.6 is 0 Å². The molecule has 4 aliphatic rings. The Labute approximate surface area is 84.1 Å². The maximum atomic E-state index is 12.0. The lowest BCUT2D eigenvalue weighted by molar-refractivity contribution is -0.914. The Hall–Kier alpha value is -0.490. The van der Waals surface area contributed by atoms with Crippen LogP contribution in [-0.4, -0.2) is 65.1 Å². The van der Waals surface area contributed by atoms with E-state index in [1.165, 1.54) is 0 Å². The van der Waals surface area contributed by atoms with E-state index >= 15 is 0 Å². The van der Waals surface area contributed by atoms with Crippen LogP contribution in [-0.2, 0) is 4.79 Å². The van der Waals surface area contributed by atoms with Gasteiger partial charge in [-0.2, -0.15) is 0 Å². The number of amides is 1. The van der Waals surface area contributed by atoms with E-state index in [2.05, 4.69) is 14.7 Å². The van der Waals surface area contributed by atoms with E-state index in [1.54, 1.807) is 0 Å². The predicted molar refractivity (Wildman–Crippen MR) is 50.3 cm³/mol. The second-order valence-corrected chi connectivity index (χ2v) is 4.75. The van der Waals surface area contributed by atoms with Crippen LogP contribution in [0.5, 0.6) is 0 Å². The lowest BCUT2D eigenvalue weighted by Gasteiger charge is -2.59. The molecule has 0 aromatic carbocycles. The molecule has 0 unspecified atom stereocenters. The van der Waals surface area contributed by atoms with Crippen LogP contribution in [0.1, 0.15) is 13.3 Å². The molecule has 5 heteroatoms. The molecular formula is C9H17N4O+. The van der Waals surface area contributed by atoms with Gasteiger partial charge in [-0.05, 0) is 0 Å². The van der Waals surface area contributed by atoms with Gasteiger partial charge in [0.1, 0.15) is 20.0 Å². The third-order valence-electron chi connectivity index (χ3n) is 3.44. The summed E-state index contributed by atoms with van der Waals surface area (Å²) < 4.78 is 0.649. The van der Waals surface area contributed by atoms with Crippen molar-refractivity contribution in [3.05, 3.63) is 0 Å². The molecular weight excluding hydrogens is 180 g/mol. The van der Waals surface area contributed by atoms with Gasteiger partial charge < -0.3 is 0 Å². The summed E-state index contributed by atoms with van der Waals surface area (Å²) in [7, 11) is 0. The maximum absolute atomic E-state index is 12.0. The summed E-state index contributed by atoms with van der Waals surface area (Å²) in [5.74, 6) is 0.393. The quantitative estimate of drug-likeness (QED) is 0.526. The number of nitrogens with zero attached hydrogens (tertiary/aromatic N) is 4. The Bertz CT molecular complexity index is 243. The Morgan fingerprint density at radius 3 is 1.86 bits per heavy atom. The van der Waals surface area contributed by atoms with Gasteiger partial charge in [-0.1, -0.05) is 6.92 Å². The van der Waals surface area contributed by atoms with E-state index in [4.69, 9.17) is 0 Å². The number of hydrogen-bond acceptors (Lipinski definition) is 4. The van der Waals surface area contributed by atoms with Crippen LogP contribution in [0, 0.1) is 0 Å². The fourth-order valence-electron chi connectivity index (χ4n) is 3.11. The van der Waals surface area contributed by atoms with Gasteiger partial charge in [0.2, 0.25) is 0 Å². The number of carbonyl (C=O) groups is 1. The normalized spacial score (nSPS) is 49.6. The number of rotatable bonds is 1. The molecule has 4 bridgehead atoms. The van der Waals surface area contributed by atoms with Crippen molar-refractivity contribution in [1.82, 2.24) is 14.7 Å². The van der Waals surface area contributed by atoms with E-state index in [9.17, 15) is 4.79 Å². The van der Waals surface area contributed by atoms with Crippen molar-refractivity contribution in [2.24, 2.45) is 0 Å². The van der Waals surface area contributed by atoms with Gasteiger partial charge in [0.25, 0.3) is 0 Å². The number of hydrogen-bond donors (Lipinski definition) is 0. The molecule has 0 N–H and O–H groups in total. The molecule has 4 rings (SSSR count). The first-order chi connectivity index (χ1) is 6.72. The van der Waals surface area contributed by atoms with Crippen molar-refractivity contribution < 1.29 is 9.28 Å². The zero-order chi connectivity index (χ0) is 9.76. The average molecular weight is 197 g/mol. The van der Waals surface area contributed by atoms with Gasteiger partial charge in [0, 0.05) is 0 Å². The summed E-state index contributed by atoms with van der Waals surface area (Å²) in [6.07, 6.45) is 0.662. The Morgan fingerprint density at radius 1 is 1.07 bits per heavy atom. The van der Waals surface area contributed by atoms with Crippen LogP contribution in [0.2, 0.25) is 0 Å². The monoisotopic (exact) mass is 197 g/mol. The first-order valence-corrected chi connectivity index (χ1v) is 5.28. The molecule has 14 heavy (non-hydrogen) atoms. The third-order valence-corrected chi connectivity index (χ3v) is 3.44. The smallest absolute Gasteiger partial charge is 0.231 e. The fraction of sp³-hybridized carbons (Fsp3) is 0.889. The largest absolute Gasteiger partial charge is 0.316 e. The molecule has 4 heterocycles. The van der Waals surface area contributed by atoms with Gasteiger partial charge in [-0.15, -0.1) is 0 Å². The molecule has 4 fully saturated rings. The lowest BCUT2D eigenvalue weighted by Crippen LogP contribution is -2.80. The molecule has 4 saturated heterocycles. The van der Waals surface area contributed by atoms with Crippen molar-refractivity contribution in [2.75, 3.05) is 40.0 Å². The molecule has 0 spiro atoms. The van der Waals surface area contributed by atoms with Gasteiger partial charge in [-0.3, -0.25) is 0 Å². The summed E-state index contributed by atoms with van der Waals surface area (Å²) in [5, 5.41) is 0. The Balaban J connectivity index is 1.91. The van der Waals surface area contributed by atoms with Crippen molar-refractivity contribution in [3.63, 3.8) is 0 Å². The van der Waals surface area contributed by atoms with E-state index in [1.807, 2.05) is 6.92 Å². The second kappa shape index (κ2) is 2.76. The minimum atomic E-state index is 0.393. The van der Waals surface area contributed by atoms with Gasteiger partial charge in [-0.25, -0.2) is 24.0 Å². The summed E-state index contributed by atoms with van der Waals surface area (Å²) in [4.78, 5) is 19.1. The van der Waals surface area contributed by atoms with Crippen LogP contribution in [0.15, 0.2) is 0 Å². The summed E-state index contributed by atoms with van der Waals surface area (Å²) in [6.45, 7) is 7.91. The van der Waals surface area contributed by atoms with Crippen LogP contribution in [0.25, 0.3) is 0 Å². The molecule has 0 atom stereocenters. The first kappa shape index (κ1) is 8.79. The highest BCUT2D eigenvalue weighted by Gasteiger charge is 2.51. The molecule has 4 aliphatic heterocycles. The highest BCUT2D eigenvalue weighted by molar-refractivity contribution is 5.68. The lowest BCUT2D eigenvalue weighted by atomic mass is 10.2. The molecule has 0 aliphatic carbocycles. The number of carbonyl (C=O) groups excluding carboxylic acids is 1. The summed E-state index contributed by atoms with van der Waals surface area (Å²) in [6, 6.07) is 0. The summed E-state index contributed by atoms with van der Waals surface area (Å²) in [5.41, 5.74) is 0. The van der Waals surface area contributed by atoms with Crippen LogP contribution in [0.4, 0.5) is 0 Å². The zero-order valence-electron chi connectivity index (χ0n) is 8.65. The van der Waals surface area contributed by atoms with E-state index in [0.29, 0.717) is 16.8 Å².